The molecule has 0 bridgehead atoms. The first-order chi connectivity index (χ1) is 9.61. The van der Waals surface area contributed by atoms with Crippen LogP contribution < -0.4 is 0 Å². The van der Waals surface area contributed by atoms with Crippen LogP contribution in [0.2, 0.25) is 0 Å². The molecule has 0 aromatic heterocycles. The molecule has 0 heterocycles. The van der Waals surface area contributed by atoms with Crippen molar-refractivity contribution in [2.75, 3.05) is 6.61 Å². The smallest absolute Gasteiger partial charge is 0.338 e. The minimum Gasteiger partial charge on any atom is -0.508 e. The van der Waals surface area contributed by atoms with Crippen molar-refractivity contribution >= 4 is 11.8 Å². The van der Waals surface area contributed by atoms with Crippen molar-refractivity contribution in [3.63, 3.8) is 0 Å². The second-order valence-corrected chi connectivity index (χ2v) is 4.18. The number of hydrogen-bond donors (Lipinski definition) is 1. The van der Waals surface area contributed by atoms with E-state index in [9.17, 15) is 14.7 Å². The van der Waals surface area contributed by atoms with Crippen LogP contribution in [0.1, 0.15) is 33.2 Å². The van der Waals surface area contributed by atoms with Crippen molar-refractivity contribution in [2.45, 2.75) is 6.92 Å². The fraction of sp³-hybridized carbons (Fsp3) is 0.125. The van der Waals surface area contributed by atoms with Crippen LogP contribution in [0.15, 0.2) is 48.5 Å². The Morgan fingerprint density at radius 2 is 1.65 bits per heavy atom. The summed E-state index contributed by atoms with van der Waals surface area (Å²) in [5.74, 6) is -0.564. The Hall–Kier alpha value is -2.62. The number of esters is 1. The van der Waals surface area contributed by atoms with Crippen molar-refractivity contribution < 1.29 is 19.4 Å². The minimum absolute atomic E-state index is 0.0989. The average Bonchev–Trinajstić information content (AvgIpc) is 2.48. The average molecular weight is 270 g/mol. The van der Waals surface area contributed by atoms with Gasteiger partial charge in [0.2, 0.25) is 0 Å². The zero-order valence-electron chi connectivity index (χ0n) is 11.0. The van der Waals surface area contributed by atoms with Crippen LogP contribution in [0.5, 0.6) is 5.75 Å². The van der Waals surface area contributed by atoms with E-state index in [4.69, 9.17) is 4.74 Å². The maximum Gasteiger partial charge on any atom is 0.338 e. The van der Waals surface area contributed by atoms with Crippen molar-refractivity contribution in [1.82, 2.24) is 0 Å². The number of benzene rings is 2. The van der Waals surface area contributed by atoms with E-state index in [1.54, 1.807) is 25.1 Å². The van der Waals surface area contributed by atoms with Crippen molar-refractivity contribution in [3.05, 3.63) is 65.2 Å². The van der Waals surface area contributed by atoms with Crippen molar-refractivity contribution in [3.8, 4) is 5.75 Å². The van der Waals surface area contributed by atoms with Crippen LogP contribution in [0.4, 0.5) is 0 Å². The number of ether oxygens (including phenoxy) is 1. The molecule has 0 spiro atoms. The summed E-state index contributed by atoms with van der Waals surface area (Å²) in [5.41, 5.74) is 1.20. The molecule has 0 aliphatic heterocycles. The molecule has 0 saturated carbocycles. The van der Waals surface area contributed by atoms with Gasteiger partial charge in [-0.2, -0.15) is 0 Å². The fourth-order valence-corrected chi connectivity index (χ4v) is 1.78. The number of aromatic hydroxyl groups is 1. The monoisotopic (exact) mass is 270 g/mol. The van der Waals surface area contributed by atoms with Crippen molar-refractivity contribution in [1.29, 1.82) is 0 Å². The van der Waals surface area contributed by atoms with E-state index in [1.165, 1.54) is 30.3 Å². The quantitative estimate of drug-likeness (QED) is 0.685. The van der Waals surface area contributed by atoms with Crippen molar-refractivity contribution in [2.24, 2.45) is 0 Å². The number of carbonyl (C=O) groups excluding carboxylic acids is 2. The number of phenols is 1. The Morgan fingerprint density at radius 3 is 2.30 bits per heavy atom. The fourth-order valence-electron chi connectivity index (χ4n) is 1.78. The number of carbonyl (C=O) groups is 2. The zero-order valence-corrected chi connectivity index (χ0v) is 11.0. The van der Waals surface area contributed by atoms with Gasteiger partial charge in [0.25, 0.3) is 0 Å². The normalized spacial score (nSPS) is 10.1. The molecule has 1 N–H and O–H groups in total. The van der Waals surface area contributed by atoms with Gasteiger partial charge in [-0.15, -0.1) is 0 Å². The SMILES string of the molecule is CCOC(=O)c1cccc(C(=O)c2ccc(O)cc2)c1. The molecule has 0 radical (unpaired) electrons. The van der Waals surface area contributed by atoms with Crippen LogP contribution in [-0.4, -0.2) is 23.5 Å². The molecule has 0 saturated heterocycles. The lowest BCUT2D eigenvalue weighted by Crippen LogP contribution is -2.07. The van der Waals surface area contributed by atoms with Crippen LogP contribution in [0, 0.1) is 0 Å². The lowest BCUT2D eigenvalue weighted by atomic mass is 10.0. The summed E-state index contributed by atoms with van der Waals surface area (Å²) in [6, 6.07) is 12.4. The maximum absolute atomic E-state index is 12.3. The minimum atomic E-state index is -0.451. The molecule has 2 aromatic rings. The van der Waals surface area contributed by atoms with Gasteiger partial charge in [0.1, 0.15) is 5.75 Å². The number of phenolic OH excluding ortho intramolecular Hbond substituents is 1. The van der Waals surface area contributed by atoms with Gasteiger partial charge >= 0.3 is 5.97 Å². The summed E-state index contributed by atoms with van der Waals surface area (Å²) in [6.07, 6.45) is 0. The Balaban J connectivity index is 2.28. The molecule has 20 heavy (non-hydrogen) atoms. The molecule has 0 unspecified atom stereocenters. The molecular formula is C16H14O4. The molecule has 0 fully saturated rings. The van der Waals surface area contributed by atoms with Crippen LogP contribution in [0.25, 0.3) is 0 Å². The lowest BCUT2D eigenvalue weighted by molar-refractivity contribution is 0.0526. The van der Waals surface area contributed by atoms with Gasteiger partial charge in [0, 0.05) is 11.1 Å². The molecular weight excluding hydrogens is 256 g/mol. The summed E-state index contributed by atoms with van der Waals surface area (Å²) in [5, 5.41) is 9.21. The Morgan fingerprint density at radius 1 is 1.00 bits per heavy atom. The number of rotatable bonds is 4. The third-order valence-electron chi connectivity index (χ3n) is 2.77. The van der Waals surface area contributed by atoms with Gasteiger partial charge in [0.15, 0.2) is 5.78 Å². The Kier molecular flexibility index (Phi) is 4.15. The van der Waals surface area contributed by atoms with Gasteiger partial charge < -0.3 is 9.84 Å². The van der Waals surface area contributed by atoms with E-state index in [0.29, 0.717) is 16.7 Å². The number of ketones is 1. The van der Waals surface area contributed by atoms with E-state index < -0.39 is 5.97 Å². The molecule has 0 atom stereocenters. The van der Waals surface area contributed by atoms with E-state index >= 15 is 0 Å². The van der Waals surface area contributed by atoms with Gasteiger partial charge in [-0.05, 0) is 43.3 Å². The van der Waals surface area contributed by atoms with Crippen LogP contribution >= 0.6 is 0 Å². The highest BCUT2D eigenvalue weighted by Gasteiger charge is 2.12. The van der Waals surface area contributed by atoms with E-state index in [1.807, 2.05) is 0 Å². The van der Waals surface area contributed by atoms with Crippen LogP contribution in [0.3, 0.4) is 0 Å². The summed E-state index contributed by atoms with van der Waals surface area (Å²) >= 11 is 0. The Bertz CT molecular complexity index is 629. The molecule has 0 aliphatic carbocycles. The predicted molar refractivity (Wildman–Crippen MR) is 73.9 cm³/mol. The predicted octanol–water partition coefficient (Wildman–Crippen LogP) is 2.80. The first-order valence-electron chi connectivity index (χ1n) is 6.22. The zero-order chi connectivity index (χ0) is 14.5. The summed E-state index contributed by atoms with van der Waals surface area (Å²) in [7, 11) is 0. The van der Waals surface area contributed by atoms with Gasteiger partial charge in [0.05, 0.1) is 12.2 Å². The molecule has 4 nitrogen and oxygen atoms in total. The lowest BCUT2D eigenvalue weighted by Gasteiger charge is -2.05. The number of hydrogen-bond acceptors (Lipinski definition) is 4. The maximum atomic E-state index is 12.3. The van der Waals surface area contributed by atoms with Gasteiger partial charge in [-0.3, -0.25) is 4.79 Å². The molecule has 2 aromatic carbocycles. The topological polar surface area (TPSA) is 63.6 Å². The second-order valence-electron chi connectivity index (χ2n) is 4.18. The summed E-state index contributed by atoms with van der Waals surface area (Å²) in [4.78, 5) is 23.9. The highest BCUT2D eigenvalue weighted by atomic mass is 16.5. The van der Waals surface area contributed by atoms with Crippen LogP contribution in [-0.2, 0) is 4.74 Å². The summed E-state index contributed by atoms with van der Waals surface area (Å²) < 4.78 is 4.90. The largest absolute Gasteiger partial charge is 0.508 e. The van der Waals surface area contributed by atoms with Gasteiger partial charge in [-0.25, -0.2) is 4.79 Å². The van der Waals surface area contributed by atoms with E-state index in [0.717, 1.165) is 0 Å². The molecule has 102 valence electrons. The second kappa shape index (κ2) is 6.02. The highest BCUT2D eigenvalue weighted by Crippen LogP contribution is 2.15. The molecule has 0 aliphatic rings. The molecule has 0 amide bonds. The highest BCUT2D eigenvalue weighted by molar-refractivity contribution is 6.10. The molecule has 4 heteroatoms. The first kappa shape index (κ1) is 13.8. The first-order valence-corrected chi connectivity index (χ1v) is 6.22. The van der Waals surface area contributed by atoms with E-state index in [-0.39, 0.29) is 18.1 Å². The molecule has 2 rings (SSSR count). The standard InChI is InChI=1S/C16H14O4/c1-2-20-16(19)13-5-3-4-12(10-13)15(18)11-6-8-14(17)9-7-11/h3-10,17H,2H2,1H3. The summed E-state index contributed by atoms with van der Waals surface area (Å²) in [6.45, 7) is 2.01. The van der Waals surface area contributed by atoms with E-state index in [2.05, 4.69) is 0 Å². The van der Waals surface area contributed by atoms with Gasteiger partial charge in [-0.1, -0.05) is 12.1 Å². The third kappa shape index (κ3) is 3.03. The third-order valence-corrected chi connectivity index (χ3v) is 2.77. The Labute approximate surface area is 116 Å².